The molecule has 5 heteroatoms. The van der Waals surface area contributed by atoms with Gasteiger partial charge in [-0.05, 0) is 18.9 Å². The number of nitrogens with zero attached hydrogens (tertiary/aromatic N) is 1. The number of carbonyl (C=O) groups excluding carboxylic acids is 1. The number of ether oxygens (including phenoxy) is 1. The van der Waals surface area contributed by atoms with Gasteiger partial charge in [0.25, 0.3) is 5.91 Å². The first-order valence-electron chi connectivity index (χ1n) is 5.17. The highest BCUT2D eigenvalue weighted by molar-refractivity contribution is 5.96. The Bertz CT molecular complexity index is 389. The van der Waals surface area contributed by atoms with Crippen molar-refractivity contribution in [2.75, 3.05) is 7.11 Å². The molecule has 0 atom stereocenters. The highest BCUT2D eigenvalue weighted by atomic mass is 16.5. The van der Waals surface area contributed by atoms with Crippen molar-refractivity contribution in [1.82, 2.24) is 10.3 Å². The lowest BCUT2D eigenvalue weighted by molar-refractivity contribution is 0.0561. The summed E-state index contributed by atoms with van der Waals surface area (Å²) in [5, 5.41) is 11.9. The second kappa shape index (κ2) is 4.49. The number of carbonyl (C=O) groups is 1. The standard InChI is InChI=1S/C11H14N2O3/c1-16-10-6-12-3-2-9(10)11(15)13-7-4-8(14)5-7/h2-3,6-8,14H,4-5H2,1H3,(H,13,15). The van der Waals surface area contributed by atoms with Crippen LogP contribution in [0.25, 0.3) is 0 Å². The fourth-order valence-electron chi connectivity index (χ4n) is 1.70. The van der Waals surface area contributed by atoms with Crippen molar-refractivity contribution in [3.63, 3.8) is 0 Å². The van der Waals surface area contributed by atoms with E-state index < -0.39 is 0 Å². The highest BCUT2D eigenvalue weighted by Gasteiger charge is 2.29. The molecule has 1 amide bonds. The molecule has 1 aromatic rings. The van der Waals surface area contributed by atoms with E-state index in [2.05, 4.69) is 10.3 Å². The molecule has 1 fully saturated rings. The van der Waals surface area contributed by atoms with Gasteiger partial charge in [-0.25, -0.2) is 0 Å². The van der Waals surface area contributed by atoms with Gasteiger partial charge in [-0.3, -0.25) is 9.78 Å². The van der Waals surface area contributed by atoms with Crippen LogP contribution in [0.4, 0.5) is 0 Å². The van der Waals surface area contributed by atoms with Gasteiger partial charge in [-0.1, -0.05) is 0 Å². The summed E-state index contributed by atoms with van der Waals surface area (Å²) >= 11 is 0. The zero-order chi connectivity index (χ0) is 11.5. The number of aliphatic hydroxyl groups excluding tert-OH is 1. The van der Waals surface area contributed by atoms with Crippen LogP contribution in [0.15, 0.2) is 18.5 Å². The minimum absolute atomic E-state index is 0.0698. The Morgan fingerprint density at radius 2 is 2.38 bits per heavy atom. The normalized spacial score (nSPS) is 23.4. The van der Waals surface area contributed by atoms with Crippen LogP contribution in [0.1, 0.15) is 23.2 Å². The summed E-state index contributed by atoms with van der Waals surface area (Å²) in [6.45, 7) is 0. The number of aromatic nitrogens is 1. The van der Waals surface area contributed by atoms with E-state index in [0.717, 1.165) is 0 Å². The Hall–Kier alpha value is -1.62. The highest BCUT2D eigenvalue weighted by Crippen LogP contribution is 2.21. The monoisotopic (exact) mass is 222 g/mol. The van der Waals surface area contributed by atoms with Crippen LogP contribution < -0.4 is 10.1 Å². The molecule has 5 nitrogen and oxygen atoms in total. The van der Waals surface area contributed by atoms with Gasteiger partial charge < -0.3 is 15.2 Å². The second-order valence-corrected chi connectivity index (χ2v) is 3.87. The molecule has 1 aliphatic rings. The lowest BCUT2D eigenvalue weighted by Crippen LogP contribution is -2.46. The predicted octanol–water partition coefficient (Wildman–Crippen LogP) is 0.343. The number of methoxy groups -OCH3 is 1. The van der Waals surface area contributed by atoms with Crippen LogP contribution >= 0.6 is 0 Å². The zero-order valence-electron chi connectivity index (χ0n) is 9.01. The summed E-state index contributed by atoms with van der Waals surface area (Å²) in [4.78, 5) is 15.7. The first kappa shape index (κ1) is 10.9. The SMILES string of the molecule is COc1cnccc1C(=O)NC1CC(O)C1. The van der Waals surface area contributed by atoms with E-state index in [0.29, 0.717) is 24.2 Å². The second-order valence-electron chi connectivity index (χ2n) is 3.87. The molecule has 0 bridgehead atoms. The largest absolute Gasteiger partial charge is 0.494 e. The number of hydrogen-bond donors (Lipinski definition) is 2. The van der Waals surface area contributed by atoms with Crippen LogP contribution in [0, 0.1) is 0 Å². The third-order valence-corrected chi connectivity index (χ3v) is 2.70. The van der Waals surface area contributed by atoms with E-state index in [9.17, 15) is 4.79 Å². The van der Waals surface area contributed by atoms with Crippen molar-refractivity contribution in [3.8, 4) is 5.75 Å². The quantitative estimate of drug-likeness (QED) is 0.773. The molecule has 1 aromatic heterocycles. The number of rotatable bonds is 3. The molecule has 2 rings (SSSR count). The lowest BCUT2D eigenvalue weighted by atomic mass is 9.89. The van der Waals surface area contributed by atoms with E-state index >= 15 is 0 Å². The van der Waals surface area contributed by atoms with Gasteiger partial charge >= 0.3 is 0 Å². The molecule has 0 radical (unpaired) electrons. The summed E-state index contributed by atoms with van der Waals surface area (Å²) in [5.74, 6) is 0.274. The molecule has 0 aliphatic heterocycles. The number of hydrogen-bond acceptors (Lipinski definition) is 4. The summed E-state index contributed by atoms with van der Waals surface area (Å²) in [6, 6.07) is 1.68. The number of nitrogens with one attached hydrogen (secondary N) is 1. The summed E-state index contributed by atoms with van der Waals surface area (Å²) in [5.41, 5.74) is 0.471. The summed E-state index contributed by atoms with van der Waals surface area (Å²) in [6.07, 6.45) is 4.03. The molecule has 0 spiro atoms. The van der Waals surface area contributed by atoms with Gasteiger partial charge in [0.2, 0.25) is 0 Å². The van der Waals surface area contributed by atoms with Crippen molar-refractivity contribution in [2.45, 2.75) is 25.0 Å². The van der Waals surface area contributed by atoms with Gasteiger partial charge in [0.15, 0.2) is 0 Å². The maximum atomic E-state index is 11.8. The smallest absolute Gasteiger partial charge is 0.255 e. The minimum Gasteiger partial charge on any atom is -0.494 e. The molecule has 86 valence electrons. The van der Waals surface area contributed by atoms with Crippen molar-refractivity contribution in [2.24, 2.45) is 0 Å². The molecular formula is C11H14N2O3. The van der Waals surface area contributed by atoms with Gasteiger partial charge in [-0.15, -0.1) is 0 Å². The maximum Gasteiger partial charge on any atom is 0.255 e. The Morgan fingerprint density at radius 1 is 1.62 bits per heavy atom. The van der Waals surface area contributed by atoms with Gasteiger partial charge in [0, 0.05) is 12.2 Å². The van der Waals surface area contributed by atoms with Crippen molar-refractivity contribution in [1.29, 1.82) is 0 Å². The van der Waals surface area contributed by atoms with E-state index in [4.69, 9.17) is 9.84 Å². The molecule has 1 saturated carbocycles. The lowest BCUT2D eigenvalue weighted by Gasteiger charge is -2.32. The fourth-order valence-corrected chi connectivity index (χ4v) is 1.70. The molecular weight excluding hydrogens is 208 g/mol. The molecule has 0 aromatic carbocycles. The number of aliphatic hydroxyl groups is 1. The van der Waals surface area contributed by atoms with Gasteiger partial charge in [0.1, 0.15) is 5.75 Å². The molecule has 0 unspecified atom stereocenters. The molecule has 1 aliphatic carbocycles. The van der Waals surface area contributed by atoms with E-state index in [-0.39, 0.29) is 18.1 Å². The Balaban J connectivity index is 2.03. The third kappa shape index (κ3) is 2.14. The van der Waals surface area contributed by atoms with Crippen LogP contribution in [-0.2, 0) is 0 Å². The van der Waals surface area contributed by atoms with Crippen LogP contribution in [-0.4, -0.2) is 35.3 Å². The molecule has 16 heavy (non-hydrogen) atoms. The van der Waals surface area contributed by atoms with Crippen LogP contribution in [0.2, 0.25) is 0 Å². The first-order chi connectivity index (χ1) is 7.70. The third-order valence-electron chi connectivity index (χ3n) is 2.70. The van der Waals surface area contributed by atoms with Gasteiger partial charge in [0.05, 0.1) is 25.0 Å². The minimum atomic E-state index is -0.273. The van der Waals surface area contributed by atoms with Crippen molar-refractivity contribution >= 4 is 5.91 Å². The van der Waals surface area contributed by atoms with E-state index in [1.54, 1.807) is 12.3 Å². The molecule has 2 N–H and O–H groups in total. The zero-order valence-corrected chi connectivity index (χ0v) is 9.01. The Kier molecular flexibility index (Phi) is 3.05. The summed E-state index contributed by atoms with van der Waals surface area (Å²) < 4.78 is 5.05. The van der Waals surface area contributed by atoms with Crippen molar-refractivity contribution < 1.29 is 14.6 Å². The maximum absolute atomic E-state index is 11.8. The molecule has 0 saturated heterocycles. The molecule has 1 heterocycles. The Labute approximate surface area is 93.5 Å². The average molecular weight is 222 g/mol. The van der Waals surface area contributed by atoms with Crippen molar-refractivity contribution in [3.05, 3.63) is 24.0 Å². The average Bonchev–Trinajstić information content (AvgIpc) is 2.27. The topological polar surface area (TPSA) is 71.5 Å². The predicted molar refractivity (Wildman–Crippen MR) is 57.3 cm³/mol. The Morgan fingerprint density at radius 3 is 3.00 bits per heavy atom. The van der Waals surface area contributed by atoms with Crippen LogP contribution in [0.5, 0.6) is 5.75 Å². The van der Waals surface area contributed by atoms with Gasteiger partial charge in [-0.2, -0.15) is 0 Å². The number of pyridine rings is 1. The van der Waals surface area contributed by atoms with E-state index in [1.807, 2.05) is 0 Å². The number of amides is 1. The first-order valence-corrected chi connectivity index (χ1v) is 5.17. The van der Waals surface area contributed by atoms with E-state index in [1.165, 1.54) is 13.3 Å². The van der Waals surface area contributed by atoms with Crippen LogP contribution in [0.3, 0.4) is 0 Å². The fraction of sp³-hybridized carbons (Fsp3) is 0.455. The summed E-state index contributed by atoms with van der Waals surface area (Å²) in [7, 11) is 1.50.